The Morgan fingerprint density at radius 3 is 1.94 bits per heavy atom. The summed E-state index contributed by atoms with van der Waals surface area (Å²) in [6, 6.07) is 5.69. The predicted octanol–water partition coefficient (Wildman–Crippen LogP) is 3.54. The van der Waals surface area contributed by atoms with Crippen LogP contribution in [-0.4, -0.2) is 91.6 Å². The quantitative estimate of drug-likeness (QED) is 0.188. The third-order valence-corrected chi connectivity index (χ3v) is 4.79. The van der Waals surface area contributed by atoms with E-state index in [1.165, 1.54) is 0 Å². The van der Waals surface area contributed by atoms with Crippen LogP contribution in [0.4, 0.5) is 4.79 Å². The van der Waals surface area contributed by atoms with Crippen LogP contribution in [0.15, 0.2) is 22.7 Å². The molecule has 1 N–H and O–H groups in total. The van der Waals surface area contributed by atoms with Crippen molar-refractivity contribution in [1.82, 2.24) is 5.32 Å². The fourth-order valence-electron chi connectivity index (χ4n) is 2.48. The normalized spacial score (nSPS) is 11.5. The summed E-state index contributed by atoms with van der Waals surface area (Å²) in [6.45, 7) is 10.7. The zero-order valence-corrected chi connectivity index (χ0v) is 22.9. The molecule has 1 amide bonds. The molecule has 35 heavy (non-hydrogen) atoms. The van der Waals surface area contributed by atoms with Crippen LogP contribution in [0.25, 0.3) is 0 Å². The van der Waals surface area contributed by atoms with Gasteiger partial charge in [0.05, 0.1) is 66.1 Å². The molecule has 0 aliphatic rings. The molecule has 0 saturated carbocycles. The molecule has 0 unspecified atom stereocenters. The van der Waals surface area contributed by atoms with Crippen molar-refractivity contribution in [1.29, 1.82) is 0 Å². The minimum atomic E-state index is -0.506. The van der Waals surface area contributed by atoms with Gasteiger partial charge >= 0.3 is 6.09 Å². The number of nitrogens with one attached hydrogen (secondary N) is 1. The highest BCUT2D eigenvalue weighted by atomic mass is 79.9. The second-order valence-electron chi connectivity index (χ2n) is 8.23. The van der Waals surface area contributed by atoms with E-state index in [1.54, 1.807) is 7.11 Å². The predicted molar refractivity (Wildman–Crippen MR) is 134 cm³/mol. The van der Waals surface area contributed by atoms with Gasteiger partial charge in [-0.05, 0) is 44.5 Å². The number of methoxy groups -OCH3 is 1. The molecule has 0 fully saturated rings. The number of halogens is 1. The van der Waals surface area contributed by atoms with Crippen LogP contribution in [0, 0.1) is 0 Å². The van der Waals surface area contributed by atoms with Gasteiger partial charge in [-0.1, -0.05) is 15.9 Å². The van der Waals surface area contributed by atoms with E-state index in [2.05, 4.69) is 21.2 Å². The molecule has 1 rings (SSSR count). The molecule has 0 aliphatic heterocycles. The van der Waals surface area contributed by atoms with E-state index >= 15 is 0 Å². The Labute approximate surface area is 216 Å². The van der Waals surface area contributed by atoms with Crippen LogP contribution in [-0.2, 0) is 39.8 Å². The molecule has 1 aromatic carbocycles. The molecule has 0 aliphatic carbocycles. The van der Waals surface area contributed by atoms with Crippen LogP contribution < -0.4 is 10.1 Å². The summed E-state index contributed by atoms with van der Waals surface area (Å²) < 4.78 is 43.9. The van der Waals surface area contributed by atoms with Crippen molar-refractivity contribution in [2.45, 2.75) is 33.0 Å². The van der Waals surface area contributed by atoms with E-state index in [0.717, 1.165) is 15.8 Å². The first-order chi connectivity index (χ1) is 16.8. The van der Waals surface area contributed by atoms with Crippen LogP contribution >= 0.6 is 15.9 Å². The maximum atomic E-state index is 11.5. The van der Waals surface area contributed by atoms with E-state index in [0.29, 0.717) is 72.6 Å². The Kier molecular flexibility index (Phi) is 17.8. The standard InChI is InChI=1S/C24H40BrNO9/c1-24(2,3)35-23(27)26-7-8-29-9-10-30-11-12-31-13-14-32-15-16-33-18-20-17-21(34-19-28-4)5-6-22(20)25/h5-6,17H,7-16,18-19H2,1-4H3,(H,26,27). The van der Waals surface area contributed by atoms with Gasteiger partial charge in [-0.2, -0.15) is 0 Å². The molecule has 0 saturated heterocycles. The van der Waals surface area contributed by atoms with Crippen LogP contribution in [0.5, 0.6) is 5.75 Å². The molecule has 0 bridgehead atoms. The number of rotatable bonds is 20. The third kappa shape index (κ3) is 18.5. The van der Waals surface area contributed by atoms with Gasteiger partial charge in [0.25, 0.3) is 0 Å². The van der Waals surface area contributed by atoms with Crippen molar-refractivity contribution in [3.63, 3.8) is 0 Å². The van der Waals surface area contributed by atoms with Gasteiger partial charge in [-0.3, -0.25) is 0 Å². The third-order valence-electron chi connectivity index (χ3n) is 4.02. The Morgan fingerprint density at radius 2 is 1.40 bits per heavy atom. The lowest BCUT2D eigenvalue weighted by Gasteiger charge is -2.19. The summed E-state index contributed by atoms with van der Waals surface area (Å²) in [5.41, 5.74) is 0.484. The van der Waals surface area contributed by atoms with Gasteiger partial charge in [0.2, 0.25) is 0 Å². The number of benzene rings is 1. The number of carbonyl (C=O) groups is 1. The largest absolute Gasteiger partial charge is 0.468 e. The van der Waals surface area contributed by atoms with Crippen molar-refractivity contribution < 1.29 is 42.7 Å². The number of amides is 1. The fraction of sp³-hybridized carbons (Fsp3) is 0.708. The van der Waals surface area contributed by atoms with Crippen molar-refractivity contribution in [2.75, 3.05) is 79.9 Å². The molecule has 10 nitrogen and oxygen atoms in total. The van der Waals surface area contributed by atoms with Crippen LogP contribution in [0.2, 0.25) is 0 Å². The lowest BCUT2D eigenvalue weighted by molar-refractivity contribution is -0.0124. The summed E-state index contributed by atoms with van der Waals surface area (Å²) >= 11 is 3.51. The number of alkyl carbamates (subject to hydrolysis) is 1. The van der Waals surface area contributed by atoms with Gasteiger partial charge in [0, 0.05) is 18.1 Å². The first kappa shape index (κ1) is 31.6. The molecule has 0 radical (unpaired) electrons. The highest BCUT2D eigenvalue weighted by Crippen LogP contribution is 2.23. The molecule has 11 heteroatoms. The second-order valence-corrected chi connectivity index (χ2v) is 9.09. The molecule has 202 valence electrons. The minimum Gasteiger partial charge on any atom is -0.468 e. The summed E-state index contributed by atoms with van der Waals surface area (Å²) in [4.78, 5) is 11.5. The number of hydrogen-bond acceptors (Lipinski definition) is 9. The minimum absolute atomic E-state index is 0.203. The Bertz CT molecular complexity index is 685. The maximum absolute atomic E-state index is 11.5. The SMILES string of the molecule is COCOc1ccc(Br)c(COCCOCCOCCOCCOCCNC(=O)OC(C)(C)C)c1. The van der Waals surface area contributed by atoms with E-state index in [4.69, 9.17) is 37.9 Å². The van der Waals surface area contributed by atoms with E-state index in [1.807, 2.05) is 39.0 Å². The molecule has 0 spiro atoms. The average molecular weight is 566 g/mol. The highest BCUT2D eigenvalue weighted by molar-refractivity contribution is 9.10. The van der Waals surface area contributed by atoms with Crippen LogP contribution in [0.1, 0.15) is 26.3 Å². The zero-order chi connectivity index (χ0) is 25.8. The average Bonchev–Trinajstić information content (AvgIpc) is 2.80. The maximum Gasteiger partial charge on any atom is 0.407 e. The van der Waals surface area contributed by atoms with Gasteiger partial charge in [-0.25, -0.2) is 4.79 Å². The van der Waals surface area contributed by atoms with Crippen LogP contribution in [0.3, 0.4) is 0 Å². The van der Waals surface area contributed by atoms with Gasteiger partial charge in [0.1, 0.15) is 11.4 Å². The van der Waals surface area contributed by atoms with E-state index in [-0.39, 0.29) is 6.79 Å². The first-order valence-corrected chi connectivity index (χ1v) is 12.4. The summed E-state index contributed by atoms with van der Waals surface area (Å²) in [5, 5.41) is 2.63. The molecule has 0 heterocycles. The first-order valence-electron chi connectivity index (χ1n) is 11.6. The Hall–Kier alpha value is -1.47. The monoisotopic (exact) mass is 565 g/mol. The van der Waals surface area contributed by atoms with Crippen molar-refractivity contribution in [2.24, 2.45) is 0 Å². The molecular formula is C24H40BrNO9. The van der Waals surface area contributed by atoms with Crippen molar-refractivity contribution >= 4 is 22.0 Å². The number of ether oxygens (including phenoxy) is 8. The number of hydrogen-bond donors (Lipinski definition) is 1. The van der Waals surface area contributed by atoms with Gasteiger partial charge in [0.15, 0.2) is 6.79 Å². The summed E-state index contributed by atoms with van der Waals surface area (Å²) in [7, 11) is 1.58. The van der Waals surface area contributed by atoms with Gasteiger partial charge in [-0.15, -0.1) is 0 Å². The summed E-state index contributed by atoms with van der Waals surface area (Å²) in [6.07, 6.45) is -0.450. The topological polar surface area (TPSA) is 103 Å². The fourth-order valence-corrected chi connectivity index (χ4v) is 2.84. The lowest BCUT2D eigenvalue weighted by Crippen LogP contribution is -2.34. The molecule has 0 atom stereocenters. The molecule has 0 aromatic heterocycles. The Morgan fingerprint density at radius 1 is 0.857 bits per heavy atom. The highest BCUT2D eigenvalue weighted by Gasteiger charge is 2.15. The van der Waals surface area contributed by atoms with Crippen molar-refractivity contribution in [3.05, 3.63) is 28.2 Å². The Balaban J connectivity index is 1.86. The zero-order valence-electron chi connectivity index (χ0n) is 21.3. The second kappa shape index (κ2) is 19.7. The van der Waals surface area contributed by atoms with E-state index < -0.39 is 11.7 Å². The number of carbonyl (C=O) groups excluding carboxylic acids is 1. The molecular weight excluding hydrogens is 526 g/mol. The molecule has 1 aromatic rings. The lowest BCUT2D eigenvalue weighted by atomic mass is 10.2. The van der Waals surface area contributed by atoms with E-state index in [9.17, 15) is 4.79 Å². The van der Waals surface area contributed by atoms with Crippen molar-refractivity contribution in [3.8, 4) is 5.75 Å². The van der Waals surface area contributed by atoms with Gasteiger partial charge < -0.3 is 43.2 Å². The summed E-state index contributed by atoms with van der Waals surface area (Å²) in [5.74, 6) is 0.728. The smallest absolute Gasteiger partial charge is 0.407 e.